The average Bonchev–Trinajstić information content (AvgIpc) is 2.30. The highest BCUT2D eigenvalue weighted by atomic mass is 16.5. The quantitative estimate of drug-likeness (QED) is 0.474. The number of nitrogens with two attached hydrogens (primary N) is 1. The van der Waals surface area contributed by atoms with Gasteiger partial charge in [0, 0.05) is 0 Å². The van der Waals surface area contributed by atoms with Crippen LogP contribution in [0.15, 0.2) is 0 Å². The highest BCUT2D eigenvalue weighted by Gasteiger charge is 2.24. The van der Waals surface area contributed by atoms with E-state index in [-0.39, 0.29) is 19.1 Å². The van der Waals surface area contributed by atoms with Crippen molar-refractivity contribution < 1.29 is 24.2 Å². The van der Waals surface area contributed by atoms with E-state index >= 15 is 0 Å². The standard InChI is InChI=1S/C10H19N3O5/c1-3-6(2)7(8(14)15)13-10(17)12-4-5-18-9(11)16/h6-7H,3-5H2,1-2H3,(H2,11,16)(H,14,15)(H2,12,13,17)/t6-,7-/m0/s1. The number of rotatable bonds is 7. The minimum absolute atomic E-state index is 0.0572. The van der Waals surface area contributed by atoms with Crippen molar-refractivity contribution in [2.24, 2.45) is 11.7 Å². The van der Waals surface area contributed by atoms with Gasteiger partial charge in [0.05, 0.1) is 6.54 Å². The van der Waals surface area contributed by atoms with Gasteiger partial charge in [-0.2, -0.15) is 0 Å². The Balaban J connectivity index is 4.03. The van der Waals surface area contributed by atoms with Gasteiger partial charge in [-0.15, -0.1) is 0 Å². The molecule has 0 unspecified atom stereocenters. The maximum Gasteiger partial charge on any atom is 0.404 e. The fraction of sp³-hybridized carbons (Fsp3) is 0.700. The number of primary amides is 1. The highest BCUT2D eigenvalue weighted by molar-refractivity contribution is 5.82. The fourth-order valence-electron chi connectivity index (χ4n) is 1.19. The number of urea groups is 1. The maximum atomic E-state index is 11.4. The van der Waals surface area contributed by atoms with E-state index in [0.717, 1.165) is 0 Å². The van der Waals surface area contributed by atoms with Crippen LogP contribution in [0.25, 0.3) is 0 Å². The van der Waals surface area contributed by atoms with E-state index in [4.69, 9.17) is 10.8 Å². The lowest BCUT2D eigenvalue weighted by molar-refractivity contribution is -0.140. The van der Waals surface area contributed by atoms with Gasteiger partial charge >= 0.3 is 18.1 Å². The SMILES string of the molecule is CC[C@H](C)[C@H](NC(=O)NCCOC(N)=O)C(=O)O. The molecule has 0 rings (SSSR count). The summed E-state index contributed by atoms with van der Waals surface area (Å²) in [6.07, 6.45) is -0.303. The van der Waals surface area contributed by atoms with E-state index in [1.54, 1.807) is 6.92 Å². The molecule has 0 aliphatic rings. The molecular weight excluding hydrogens is 242 g/mol. The van der Waals surface area contributed by atoms with Crippen LogP contribution >= 0.6 is 0 Å². The minimum atomic E-state index is -1.09. The van der Waals surface area contributed by atoms with E-state index in [0.29, 0.717) is 6.42 Å². The highest BCUT2D eigenvalue weighted by Crippen LogP contribution is 2.07. The Labute approximate surface area is 105 Å². The third kappa shape index (κ3) is 6.56. The molecule has 0 aliphatic heterocycles. The minimum Gasteiger partial charge on any atom is -0.480 e. The number of aliphatic carboxylic acids is 1. The molecule has 0 aromatic rings. The topological polar surface area (TPSA) is 131 Å². The lowest BCUT2D eigenvalue weighted by atomic mass is 9.99. The molecule has 104 valence electrons. The molecule has 0 saturated heterocycles. The van der Waals surface area contributed by atoms with Gasteiger partial charge in [-0.05, 0) is 5.92 Å². The summed E-state index contributed by atoms with van der Waals surface area (Å²) in [7, 11) is 0. The van der Waals surface area contributed by atoms with E-state index < -0.39 is 24.1 Å². The molecule has 0 spiro atoms. The Bertz CT molecular complexity index is 308. The maximum absolute atomic E-state index is 11.4. The number of carboxylic acids is 1. The number of hydrogen-bond acceptors (Lipinski definition) is 4. The summed E-state index contributed by atoms with van der Waals surface area (Å²) in [5.74, 6) is -1.27. The molecule has 8 nitrogen and oxygen atoms in total. The van der Waals surface area contributed by atoms with E-state index in [2.05, 4.69) is 15.4 Å². The summed E-state index contributed by atoms with van der Waals surface area (Å²) in [5, 5.41) is 13.6. The number of carbonyl (C=O) groups excluding carboxylic acids is 2. The molecular formula is C10H19N3O5. The first-order valence-corrected chi connectivity index (χ1v) is 5.57. The Morgan fingerprint density at radius 1 is 1.39 bits per heavy atom. The van der Waals surface area contributed by atoms with Gasteiger partial charge < -0.3 is 26.2 Å². The van der Waals surface area contributed by atoms with Gasteiger partial charge in [-0.3, -0.25) is 0 Å². The van der Waals surface area contributed by atoms with Crippen LogP contribution in [0.2, 0.25) is 0 Å². The fourth-order valence-corrected chi connectivity index (χ4v) is 1.19. The summed E-state index contributed by atoms with van der Waals surface area (Å²) in [5.41, 5.74) is 4.72. The van der Waals surface area contributed by atoms with Gasteiger partial charge in [0.1, 0.15) is 12.6 Å². The summed E-state index contributed by atoms with van der Waals surface area (Å²) >= 11 is 0. The zero-order valence-corrected chi connectivity index (χ0v) is 10.4. The lowest BCUT2D eigenvalue weighted by Gasteiger charge is -2.20. The summed E-state index contributed by atoms with van der Waals surface area (Å²) in [6.45, 7) is 3.56. The molecule has 0 aromatic carbocycles. The van der Waals surface area contributed by atoms with Crippen molar-refractivity contribution in [1.29, 1.82) is 0 Å². The third-order valence-corrected chi connectivity index (χ3v) is 2.40. The number of carboxylic acid groups (broad SMARTS) is 1. The Hall–Kier alpha value is -1.99. The number of amides is 3. The average molecular weight is 261 g/mol. The van der Waals surface area contributed by atoms with Crippen molar-refractivity contribution in [3.8, 4) is 0 Å². The van der Waals surface area contributed by atoms with Gasteiger partial charge in [0.15, 0.2) is 0 Å². The van der Waals surface area contributed by atoms with Crippen LogP contribution in [0.3, 0.4) is 0 Å². The zero-order chi connectivity index (χ0) is 14.1. The lowest BCUT2D eigenvalue weighted by Crippen LogP contribution is -2.49. The van der Waals surface area contributed by atoms with Crippen molar-refractivity contribution in [2.45, 2.75) is 26.3 Å². The molecule has 2 atom stereocenters. The predicted molar refractivity (Wildman–Crippen MR) is 62.9 cm³/mol. The van der Waals surface area contributed by atoms with Crippen molar-refractivity contribution in [3.63, 3.8) is 0 Å². The van der Waals surface area contributed by atoms with Crippen LogP contribution in [0.1, 0.15) is 20.3 Å². The van der Waals surface area contributed by atoms with E-state index in [1.807, 2.05) is 6.92 Å². The van der Waals surface area contributed by atoms with Crippen LogP contribution in [0.4, 0.5) is 9.59 Å². The van der Waals surface area contributed by atoms with Crippen LogP contribution in [0.5, 0.6) is 0 Å². The normalized spacial score (nSPS) is 13.2. The molecule has 5 N–H and O–H groups in total. The first-order chi connectivity index (χ1) is 8.38. The molecule has 0 aliphatic carbocycles. The Kier molecular flexibility index (Phi) is 7.25. The predicted octanol–water partition coefficient (Wildman–Crippen LogP) is -0.120. The van der Waals surface area contributed by atoms with Crippen LogP contribution in [-0.4, -0.2) is 42.4 Å². The number of hydrogen-bond donors (Lipinski definition) is 4. The van der Waals surface area contributed by atoms with Crippen LogP contribution in [-0.2, 0) is 9.53 Å². The van der Waals surface area contributed by atoms with Gasteiger partial charge in [0.2, 0.25) is 0 Å². The molecule has 8 heteroatoms. The number of carbonyl (C=O) groups is 3. The number of nitrogens with one attached hydrogen (secondary N) is 2. The van der Waals surface area contributed by atoms with Crippen molar-refractivity contribution in [2.75, 3.05) is 13.2 Å². The number of ether oxygens (including phenoxy) is 1. The molecule has 0 bridgehead atoms. The third-order valence-electron chi connectivity index (χ3n) is 2.40. The second-order valence-corrected chi connectivity index (χ2v) is 3.77. The Morgan fingerprint density at radius 3 is 2.44 bits per heavy atom. The molecule has 0 saturated carbocycles. The second-order valence-electron chi connectivity index (χ2n) is 3.77. The molecule has 18 heavy (non-hydrogen) atoms. The zero-order valence-electron chi connectivity index (χ0n) is 10.4. The van der Waals surface area contributed by atoms with Gasteiger partial charge in [0.25, 0.3) is 0 Å². The molecule has 3 amide bonds. The largest absolute Gasteiger partial charge is 0.480 e. The first-order valence-electron chi connectivity index (χ1n) is 5.57. The monoisotopic (exact) mass is 261 g/mol. The smallest absolute Gasteiger partial charge is 0.404 e. The van der Waals surface area contributed by atoms with E-state index in [1.165, 1.54) is 0 Å². The molecule has 0 aromatic heterocycles. The van der Waals surface area contributed by atoms with Crippen LogP contribution in [0, 0.1) is 5.92 Å². The summed E-state index contributed by atoms with van der Waals surface area (Å²) < 4.78 is 4.39. The van der Waals surface area contributed by atoms with Gasteiger partial charge in [-0.25, -0.2) is 14.4 Å². The summed E-state index contributed by atoms with van der Waals surface area (Å²) in [6, 6.07) is -1.58. The summed E-state index contributed by atoms with van der Waals surface area (Å²) in [4.78, 5) is 32.5. The Morgan fingerprint density at radius 2 is 2.00 bits per heavy atom. The van der Waals surface area contributed by atoms with Gasteiger partial charge in [-0.1, -0.05) is 20.3 Å². The molecule has 0 heterocycles. The second kappa shape index (κ2) is 8.15. The molecule has 0 fully saturated rings. The van der Waals surface area contributed by atoms with Crippen molar-refractivity contribution >= 4 is 18.1 Å². The first kappa shape index (κ1) is 16.0. The van der Waals surface area contributed by atoms with Crippen molar-refractivity contribution in [1.82, 2.24) is 10.6 Å². The van der Waals surface area contributed by atoms with Crippen molar-refractivity contribution in [3.05, 3.63) is 0 Å². The molecule has 0 radical (unpaired) electrons. The van der Waals surface area contributed by atoms with Crippen LogP contribution < -0.4 is 16.4 Å². The van der Waals surface area contributed by atoms with E-state index in [9.17, 15) is 14.4 Å².